The monoisotopic (exact) mass is 497 g/mol. The summed E-state index contributed by atoms with van der Waals surface area (Å²) in [5.41, 5.74) is -4.34. The van der Waals surface area contributed by atoms with Crippen molar-refractivity contribution in [3.8, 4) is 11.1 Å². The van der Waals surface area contributed by atoms with Gasteiger partial charge >= 0.3 is 12.1 Å². The molecule has 2 N–H and O–H groups in total. The van der Waals surface area contributed by atoms with Crippen molar-refractivity contribution in [2.45, 2.75) is 38.1 Å². The highest BCUT2D eigenvalue weighted by Crippen LogP contribution is 2.49. The Labute approximate surface area is 196 Å². The van der Waals surface area contributed by atoms with Gasteiger partial charge < -0.3 is 14.8 Å². The number of carboxylic acid groups (broad SMARTS) is 1. The summed E-state index contributed by atoms with van der Waals surface area (Å²) in [6.45, 7) is 2.86. The Hall–Kier alpha value is -3.17. The van der Waals surface area contributed by atoms with Crippen molar-refractivity contribution >= 4 is 17.6 Å². The number of nitrogens with zero attached hydrogens (tertiary/aromatic N) is 1. The van der Waals surface area contributed by atoms with Crippen molar-refractivity contribution in [3.05, 3.63) is 92.6 Å². The van der Waals surface area contributed by atoms with E-state index in [2.05, 4.69) is 0 Å². The Morgan fingerprint density at radius 3 is 2.26 bits per heavy atom. The van der Waals surface area contributed by atoms with E-state index in [4.69, 9.17) is 16.7 Å². The molecule has 0 spiro atoms. The lowest BCUT2D eigenvalue weighted by Crippen LogP contribution is -2.47. The minimum atomic E-state index is -5.11. The summed E-state index contributed by atoms with van der Waals surface area (Å²) in [6, 6.07) is 9.28. The van der Waals surface area contributed by atoms with Gasteiger partial charge in [-0.2, -0.15) is 13.2 Å². The molecule has 0 aliphatic carbocycles. The second-order valence-electron chi connectivity index (χ2n) is 7.76. The summed E-state index contributed by atoms with van der Waals surface area (Å²) in [7, 11) is 0. The van der Waals surface area contributed by atoms with E-state index in [1.807, 2.05) is 0 Å². The van der Waals surface area contributed by atoms with Crippen molar-refractivity contribution in [2.75, 3.05) is 0 Å². The maximum atomic E-state index is 14.2. The number of carboxylic acids is 1. The molecule has 0 bridgehead atoms. The molecule has 0 aliphatic rings. The summed E-state index contributed by atoms with van der Waals surface area (Å²) >= 11 is 6.31. The Bertz CT molecular complexity index is 1300. The van der Waals surface area contributed by atoms with Crippen LogP contribution < -0.4 is 5.56 Å². The fourth-order valence-corrected chi connectivity index (χ4v) is 4.16. The molecular formula is C24H20ClF4NO4. The van der Waals surface area contributed by atoms with Gasteiger partial charge in [-0.25, -0.2) is 9.18 Å². The second-order valence-corrected chi connectivity index (χ2v) is 8.17. The molecule has 1 aromatic heterocycles. The number of aromatic carboxylic acids is 1. The normalized spacial score (nSPS) is 14.5. The molecule has 180 valence electrons. The first-order valence-electron chi connectivity index (χ1n) is 10.1. The topological polar surface area (TPSA) is 79.5 Å². The molecule has 0 saturated heterocycles. The minimum absolute atomic E-state index is 0.0277. The number of halogens is 5. The predicted octanol–water partition coefficient (Wildman–Crippen LogP) is 5.58. The summed E-state index contributed by atoms with van der Waals surface area (Å²) in [5.74, 6) is -3.99. The number of hydrogen-bond acceptors (Lipinski definition) is 3. The van der Waals surface area contributed by atoms with Gasteiger partial charge in [-0.15, -0.1) is 0 Å². The number of pyridine rings is 1. The number of carbonyl (C=O) groups is 1. The Kier molecular flexibility index (Phi) is 6.91. The SMILES string of the molecule is CCn1cc([C@@](O)([C@@H](C)c2ccc(-c3ccc(F)c(C(=O)O)c3)cc2Cl)C(F)(F)F)ccc1=O. The van der Waals surface area contributed by atoms with Gasteiger partial charge in [0.05, 0.1) is 5.56 Å². The van der Waals surface area contributed by atoms with E-state index < -0.39 is 46.2 Å². The molecule has 3 aromatic rings. The van der Waals surface area contributed by atoms with Crippen LogP contribution in [0.3, 0.4) is 0 Å². The number of benzene rings is 2. The quantitative estimate of drug-likeness (QED) is 0.436. The van der Waals surface area contributed by atoms with Gasteiger partial charge in [0.2, 0.25) is 0 Å². The third-order valence-electron chi connectivity index (χ3n) is 5.82. The predicted molar refractivity (Wildman–Crippen MR) is 119 cm³/mol. The average Bonchev–Trinajstić information content (AvgIpc) is 2.77. The molecule has 2 atom stereocenters. The minimum Gasteiger partial charge on any atom is -0.478 e. The molecule has 0 radical (unpaired) electrons. The Morgan fingerprint density at radius 2 is 1.71 bits per heavy atom. The number of hydrogen-bond donors (Lipinski definition) is 2. The molecule has 0 saturated carbocycles. The van der Waals surface area contributed by atoms with Crippen LogP contribution >= 0.6 is 11.6 Å². The molecule has 1 heterocycles. The van der Waals surface area contributed by atoms with E-state index in [9.17, 15) is 32.3 Å². The molecule has 3 rings (SSSR count). The summed E-state index contributed by atoms with van der Waals surface area (Å²) in [6.07, 6.45) is -4.14. The fourth-order valence-electron chi connectivity index (χ4n) is 3.81. The van der Waals surface area contributed by atoms with Crippen LogP contribution in [0.2, 0.25) is 5.02 Å². The number of rotatable bonds is 6. The van der Waals surface area contributed by atoms with E-state index in [0.717, 1.165) is 42.0 Å². The molecule has 0 unspecified atom stereocenters. The standard InChI is InChI=1S/C24H20ClF4NO4/c1-3-30-12-16(6-9-21(30)31)23(34,24(27,28)29)13(2)17-7-4-15(11-19(17)25)14-5-8-20(26)18(10-14)22(32)33/h4-13,34H,3H2,1-2H3,(H,32,33)/t13-,23-/m0/s1. The third-order valence-corrected chi connectivity index (χ3v) is 6.15. The lowest BCUT2D eigenvalue weighted by atomic mass is 9.78. The zero-order chi connectivity index (χ0) is 25.4. The second kappa shape index (κ2) is 9.23. The van der Waals surface area contributed by atoms with Crippen LogP contribution in [0.5, 0.6) is 0 Å². The zero-order valence-corrected chi connectivity index (χ0v) is 18.8. The summed E-state index contributed by atoms with van der Waals surface area (Å²) in [5, 5.41) is 20.0. The van der Waals surface area contributed by atoms with E-state index in [1.54, 1.807) is 6.92 Å². The molecule has 0 amide bonds. The Morgan fingerprint density at radius 1 is 1.09 bits per heavy atom. The molecule has 10 heteroatoms. The molecule has 5 nitrogen and oxygen atoms in total. The number of aromatic nitrogens is 1. The maximum absolute atomic E-state index is 14.2. The van der Waals surface area contributed by atoms with Gasteiger partial charge in [0, 0.05) is 35.3 Å². The van der Waals surface area contributed by atoms with Gasteiger partial charge in [-0.3, -0.25) is 4.79 Å². The highest BCUT2D eigenvalue weighted by atomic mass is 35.5. The smallest absolute Gasteiger partial charge is 0.422 e. The van der Waals surface area contributed by atoms with Crippen molar-refractivity contribution in [1.82, 2.24) is 4.57 Å². The van der Waals surface area contributed by atoms with E-state index >= 15 is 0 Å². The fraction of sp³-hybridized carbons (Fsp3) is 0.250. The maximum Gasteiger partial charge on any atom is 0.422 e. The van der Waals surface area contributed by atoms with Crippen LogP contribution in [0.4, 0.5) is 17.6 Å². The molecule has 2 aromatic carbocycles. The van der Waals surface area contributed by atoms with Gasteiger partial charge in [0.25, 0.3) is 5.56 Å². The van der Waals surface area contributed by atoms with Crippen LogP contribution in [-0.2, 0) is 12.1 Å². The number of aliphatic hydroxyl groups is 1. The molecule has 0 fully saturated rings. The largest absolute Gasteiger partial charge is 0.478 e. The highest BCUT2D eigenvalue weighted by Gasteiger charge is 2.59. The van der Waals surface area contributed by atoms with E-state index in [-0.39, 0.29) is 17.1 Å². The zero-order valence-electron chi connectivity index (χ0n) is 18.0. The van der Waals surface area contributed by atoms with Crippen molar-refractivity contribution in [2.24, 2.45) is 0 Å². The van der Waals surface area contributed by atoms with Crippen molar-refractivity contribution < 1.29 is 32.6 Å². The first-order valence-corrected chi connectivity index (χ1v) is 10.5. The average molecular weight is 498 g/mol. The third kappa shape index (κ3) is 4.45. The van der Waals surface area contributed by atoms with Crippen LogP contribution in [0.15, 0.2) is 59.5 Å². The van der Waals surface area contributed by atoms with Crippen LogP contribution in [0, 0.1) is 5.82 Å². The van der Waals surface area contributed by atoms with Gasteiger partial charge in [0.1, 0.15) is 5.82 Å². The number of alkyl halides is 3. The summed E-state index contributed by atoms with van der Waals surface area (Å²) in [4.78, 5) is 23.1. The molecular weight excluding hydrogens is 478 g/mol. The van der Waals surface area contributed by atoms with E-state index in [1.165, 1.54) is 24.3 Å². The van der Waals surface area contributed by atoms with Gasteiger partial charge in [-0.1, -0.05) is 36.7 Å². The molecule has 34 heavy (non-hydrogen) atoms. The lowest BCUT2D eigenvalue weighted by Gasteiger charge is -2.37. The van der Waals surface area contributed by atoms with Crippen LogP contribution in [-0.4, -0.2) is 26.9 Å². The Balaban J connectivity index is 2.10. The van der Waals surface area contributed by atoms with E-state index in [0.29, 0.717) is 11.1 Å². The molecule has 0 aliphatic heterocycles. The first kappa shape index (κ1) is 25.5. The van der Waals surface area contributed by atoms with Crippen LogP contribution in [0.1, 0.15) is 41.3 Å². The first-order chi connectivity index (χ1) is 15.8. The van der Waals surface area contributed by atoms with Crippen LogP contribution in [0.25, 0.3) is 11.1 Å². The summed E-state index contributed by atoms with van der Waals surface area (Å²) < 4.78 is 57.4. The van der Waals surface area contributed by atoms with Crippen molar-refractivity contribution in [3.63, 3.8) is 0 Å². The van der Waals surface area contributed by atoms with Gasteiger partial charge in [0.15, 0.2) is 5.60 Å². The highest BCUT2D eigenvalue weighted by molar-refractivity contribution is 6.31. The number of aryl methyl sites for hydroxylation is 1. The van der Waals surface area contributed by atoms with Gasteiger partial charge in [-0.05, 0) is 47.9 Å². The van der Waals surface area contributed by atoms with Crippen molar-refractivity contribution in [1.29, 1.82) is 0 Å². The lowest BCUT2D eigenvalue weighted by molar-refractivity contribution is -0.274.